The van der Waals surface area contributed by atoms with E-state index in [9.17, 15) is 0 Å². The third kappa shape index (κ3) is 5.00. The third-order valence-electron chi connectivity index (χ3n) is 1.70. The minimum absolute atomic E-state index is 0. The van der Waals surface area contributed by atoms with Gasteiger partial charge in [-0.2, -0.15) is 0 Å². The molecule has 0 heterocycles. The van der Waals surface area contributed by atoms with E-state index in [2.05, 4.69) is 54.6 Å². The van der Waals surface area contributed by atoms with Gasteiger partial charge in [0.05, 0.1) is 0 Å². The van der Waals surface area contributed by atoms with Crippen LogP contribution in [0.5, 0.6) is 0 Å². The van der Waals surface area contributed by atoms with Crippen molar-refractivity contribution in [1.29, 1.82) is 0 Å². The molecule has 0 aromatic heterocycles. The summed E-state index contributed by atoms with van der Waals surface area (Å²) < 4.78 is 1.23. The van der Waals surface area contributed by atoms with E-state index in [0.29, 0.717) is 0 Å². The molecule has 0 N–H and O–H groups in total. The van der Waals surface area contributed by atoms with Crippen molar-refractivity contribution in [3.05, 3.63) is 60.2 Å². The molecule has 1 aliphatic rings. The molecule has 0 bridgehead atoms. The fraction of sp³-hybridized carbons (Fsp3) is 0.167. The zero-order valence-electron chi connectivity index (χ0n) is 10.6. The molecule has 0 saturated heterocycles. The Morgan fingerprint density at radius 2 is 1.69 bits per heavy atom. The Morgan fingerprint density at radius 1 is 1.08 bits per heavy atom. The summed E-state index contributed by atoms with van der Waals surface area (Å²) in [5.41, 5.74) is 1.45. The van der Waals surface area contributed by atoms with Gasteiger partial charge in [-0.3, -0.25) is 0 Å². The molecule has 0 aliphatic heterocycles. The van der Waals surface area contributed by atoms with Crippen LogP contribution in [0.3, 0.4) is 0 Å². The Hall–Kier alpha value is -0.417. The van der Waals surface area contributed by atoms with Crippen LogP contribution in [-0.4, -0.2) is 0 Å². The molecule has 0 radical (unpaired) electrons. The van der Waals surface area contributed by atoms with Crippen LogP contribution in [0.4, 0.5) is 0 Å². The standard InChI is InChI=1S/C7H7.C5H6.Zr.3H/c1-7-5-3-2-4-6-7;1-2-4-5-3-1;;;;/h2-6H,1H2;1-4H,5H2;;;;/q;;+3;3*-1. The molecule has 13 heavy (non-hydrogen) atoms. The van der Waals surface area contributed by atoms with Crippen LogP contribution in [0, 0.1) is 0 Å². The van der Waals surface area contributed by atoms with Gasteiger partial charge in [-0.25, -0.2) is 0 Å². The van der Waals surface area contributed by atoms with E-state index in [1.54, 1.807) is 24.7 Å². The Balaban J connectivity index is -0.000000189. The number of hydrogen-bond donors (Lipinski definition) is 0. The van der Waals surface area contributed by atoms with Gasteiger partial charge in [-0.05, 0) is 6.42 Å². The average Bonchev–Trinajstić information content (AvgIpc) is 2.77. The van der Waals surface area contributed by atoms with Crippen molar-refractivity contribution in [1.82, 2.24) is 0 Å². The summed E-state index contributed by atoms with van der Waals surface area (Å²) in [5.74, 6) is 0. The first-order valence-corrected chi connectivity index (χ1v) is 6.17. The van der Waals surface area contributed by atoms with Gasteiger partial charge in [0.2, 0.25) is 0 Å². The van der Waals surface area contributed by atoms with Crippen molar-refractivity contribution in [3.63, 3.8) is 0 Å². The third-order valence-corrected chi connectivity index (χ3v) is 2.71. The average molecular weight is 251 g/mol. The van der Waals surface area contributed by atoms with Crippen LogP contribution in [0.25, 0.3) is 0 Å². The second-order valence-electron chi connectivity index (χ2n) is 2.75. The topological polar surface area (TPSA) is 0 Å². The van der Waals surface area contributed by atoms with E-state index in [4.69, 9.17) is 0 Å². The second-order valence-corrected chi connectivity index (χ2v) is 3.62. The summed E-state index contributed by atoms with van der Waals surface area (Å²) in [5, 5.41) is 0. The van der Waals surface area contributed by atoms with E-state index in [1.807, 2.05) is 0 Å². The predicted molar refractivity (Wildman–Crippen MR) is 56.4 cm³/mol. The van der Waals surface area contributed by atoms with Gasteiger partial charge in [-0.15, -0.1) is 0 Å². The number of rotatable bonds is 1. The van der Waals surface area contributed by atoms with E-state index in [-0.39, 0.29) is 4.28 Å². The van der Waals surface area contributed by atoms with E-state index in [1.165, 1.54) is 9.69 Å². The first-order valence-electron chi connectivity index (χ1n) is 4.43. The van der Waals surface area contributed by atoms with Crippen LogP contribution >= 0.6 is 0 Å². The fourth-order valence-corrected chi connectivity index (χ4v) is 1.57. The molecule has 0 atom stereocenters. The van der Waals surface area contributed by atoms with Crippen molar-refractivity contribution in [2.24, 2.45) is 0 Å². The molecule has 1 aromatic rings. The van der Waals surface area contributed by atoms with E-state index >= 15 is 0 Å². The van der Waals surface area contributed by atoms with Crippen molar-refractivity contribution >= 4 is 0 Å². The van der Waals surface area contributed by atoms with Gasteiger partial charge in [-0.1, -0.05) is 24.3 Å². The Morgan fingerprint density at radius 3 is 2.00 bits per heavy atom. The molecular formula is C12H16Zr. The fourth-order valence-electron chi connectivity index (χ4n) is 0.989. The van der Waals surface area contributed by atoms with Gasteiger partial charge in [0, 0.05) is 0 Å². The summed E-state index contributed by atoms with van der Waals surface area (Å²) in [4.78, 5) is 0. The molecule has 0 amide bonds. The molecular weight excluding hydrogens is 235 g/mol. The normalized spacial score (nSPS) is 12.5. The molecule has 1 aromatic carbocycles. The van der Waals surface area contributed by atoms with Gasteiger partial charge >= 0.3 is 64.7 Å². The first kappa shape index (κ1) is 10.7. The van der Waals surface area contributed by atoms with Gasteiger partial charge in [0.25, 0.3) is 0 Å². The maximum atomic E-state index is 2.16. The van der Waals surface area contributed by atoms with Crippen LogP contribution < -0.4 is 0 Å². The number of hydrogen-bond acceptors (Lipinski definition) is 0. The molecule has 1 aliphatic carbocycles. The second kappa shape index (κ2) is 7.03. The van der Waals surface area contributed by atoms with Crippen LogP contribution in [-0.2, 0) is 28.8 Å². The molecule has 0 fully saturated rings. The van der Waals surface area contributed by atoms with Crippen LogP contribution in [0.15, 0.2) is 54.6 Å². The van der Waals surface area contributed by atoms with Crippen molar-refractivity contribution in [2.75, 3.05) is 0 Å². The molecule has 0 nitrogen and oxygen atoms in total. The zero-order valence-corrected chi connectivity index (χ0v) is 10.1. The van der Waals surface area contributed by atoms with Crippen molar-refractivity contribution in [2.45, 2.75) is 10.5 Å². The van der Waals surface area contributed by atoms with E-state index in [0.717, 1.165) is 6.42 Å². The summed E-state index contributed by atoms with van der Waals surface area (Å²) in [6.07, 6.45) is 9.50. The molecule has 68 valence electrons. The van der Waals surface area contributed by atoms with Gasteiger partial charge < -0.3 is 4.28 Å². The van der Waals surface area contributed by atoms with Gasteiger partial charge in [0.1, 0.15) is 0 Å². The summed E-state index contributed by atoms with van der Waals surface area (Å²) >= 11 is 1.59. The SMILES string of the molecule is C1=CCC=C1.[H-].[H-].[H-].[Zr+3][CH2]c1ccccc1. The quantitative estimate of drug-likeness (QED) is 0.716. The Bertz CT molecular complexity index is 274. The maximum absolute atomic E-state index is 2.16. The van der Waals surface area contributed by atoms with Crippen LogP contribution in [0.2, 0.25) is 0 Å². The zero-order chi connectivity index (χ0) is 9.36. The predicted octanol–water partition coefficient (Wildman–Crippen LogP) is 3.57. The molecule has 2 rings (SSSR count). The Labute approximate surface area is 99.7 Å². The summed E-state index contributed by atoms with van der Waals surface area (Å²) in [6.45, 7) is 0. The minimum atomic E-state index is 0. The molecule has 0 unspecified atom stereocenters. The first-order chi connectivity index (χ1) is 6.43. The van der Waals surface area contributed by atoms with Crippen molar-refractivity contribution in [3.8, 4) is 0 Å². The van der Waals surface area contributed by atoms with Crippen molar-refractivity contribution < 1.29 is 29.0 Å². The summed E-state index contributed by atoms with van der Waals surface area (Å²) in [6, 6.07) is 10.5. The van der Waals surface area contributed by atoms with Gasteiger partial charge in [0.15, 0.2) is 0 Å². The monoisotopic (exact) mass is 250 g/mol. The molecule has 0 spiro atoms. The number of benzene rings is 1. The molecule has 0 saturated carbocycles. The Kier molecular flexibility index (Phi) is 5.77. The van der Waals surface area contributed by atoms with E-state index < -0.39 is 0 Å². The molecule has 1 heteroatoms. The number of allylic oxidation sites excluding steroid dienone is 4. The van der Waals surface area contributed by atoms with Crippen LogP contribution in [0.1, 0.15) is 16.3 Å². The summed E-state index contributed by atoms with van der Waals surface area (Å²) in [7, 11) is 0.